The zero-order chi connectivity index (χ0) is 32.1. The number of carbonyl (C=O) groups excluding carboxylic acids is 4. The summed E-state index contributed by atoms with van der Waals surface area (Å²) < 4.78 is 0. The van der Waals surface area contributed by atoms with Gasteiger partial charge in [0.15, 0.2) is 0 Å². The van der Waals surface area contributed by atoms with E-state index in [1.165, 1.54) is 6.20 Å². The average Bonchev–Trinajstić information content (AvgIpc) is 3.19. The molecule has 1 aliphatic carbocycles. The minimum Gasteiger partial charge on any atom is -0.403 e. The highest BCUT2D eigenvalue weighted by Gasteiger charge is 2.07. The smallest absolute Gasteiger partial charge is 0.224 e. The molecular formula is C32H52N6O4S. The number of hydrogen-bond acceptors (Lipinski definition) is 7. The van der Waals surface area contributed by atoms with Gasteiger partial charge in [-0.1, -0.05) is 56.2 Å². The lowest BCUT2D eigenvalue weighted by molar-refractivity contribution is -0.121. The van der Waals surface area contributed by atoms with Crippen LogP contribution in [0, 0.1) is 0 Å². The van der Waals surface area contributed by atoms with Gasteiger partial charge >= 0.3 is 0 Å². The van der Waals surface area contributed by atoms with E-state index in [1.807, 2.05) is 56.4 Å². The van der Waals surface area contributed by atoms with Gasteiger partial charge in [-0.25, -0.2) is 0 Å². The SMILES string of the molecule is CCC(=O)NCCCCCC(=O)NC1=CC=CCC=C1N.C\C=C/C=C\C(=C\N)NC(=O)CCCCCNC(=O)CCS. The number of allylic oxidation sites excluding steroid dienone is 8. The van der Waals surface area contributed by atoms with E-state index in [0.717, 1.165) is 44.9 Å². The van der Waals surface area contributed by atoms with E-state index in [9.17, 15) is 19.2 Å². The summed E-state index contributed by atoms with van der Waals surface area (Å²) in [6.07, 6.45) is 24.1. The van der Waals surface area contributed by atoms with Crippen molar-refractivity contribution in [2.45, 2.75) is 84.5 Å². The normalized spacial score (nSPS) is 13.0. The van der Waals surface area contributed by atoms with Crippen LogP contribution in [-0.4, -0.2) is 42.5 Å². The molecule has 0 aromatic rings. The Morgan fingerprint density at radius 3 is 2.14 bits per heavy atom. The molecular weight excluding hydrogens is 564 g/mol. The Morgan fingerprint density at radius 2 is 1.53 bits per heavy atom. The highest BCUT2D eigenvalue weighted by molar-refractivity contribution is 7.80. The van der Waals surface area contributed by atoms with Gasteiger partial charge in [-0.2, -0.15) is 12.6 Å². The summed E-state index contributed by atoms with van der Waals surface area (Å²) in [6, 6.07) is 0. The maximum atomic E-state index is 11.8. The third kappa shape index (κ3) is 23.5. The summed E-state index contributed by atoms with van der Waals surface area (Å²) in [5.74, 6) is 0.582. The van der Waals surface area contributed by atoms with Crippen molar-refractivity contribution in [3.05, 3.63) is 71.9 Å². The summed E-state index contributed by atoms with van der Waals surface area (Å²) in [4.78, 5) is 45.8. The van der Waals surface area contributed by atoms with Gasteiger partial charge in [0, 0.05) is 45.0 Å². The van der Waals surface area contributed by atoms with Crippen molar-refractivity contribution in [2.75, 3.05) is 18.8 Å². The molecule has 0 heterocycles. The van der Waals surface area contributed by atoms with Gasteiger partial charge in [-0.05, 0) is 56.9 Å². The molecule has 240 valence electrons. The molecule has 0 spiro atoms. The van der Waals surface area contributed by atoms with Gasteiger partial charge in [-0.3, -0.25) is 19.2 Å². The van der Waals surface area contributed by atoms with Crippen molar-refractivity contribution in [1.29, 1.82) is 0 Å². The molecule has 0 unspecified atom stereocenters. The first-order valence-electron chi connectivity index (χ1n) is 15.0. The summed E-state index contributed by atoms with van der Waals surface area (Å²) in [5, 5.41) is 11.2. The third-order valence-electron chi connectivity index (χ3n) is 5.97. The molecule has 1 rings (SSSR count). The number of amides is 4. The van der Waals surface area contributed by atoms with Crippen LogP contribution in [0.25, 0.3) is 0 Å². The quantitative estimate of drug-likeness (QED) is 0.0660. The first-order valence-corrected chi connectivity index (χ1v) is 15.7. The van der Waals surface area contributed by atoms with Crippen LogP contribution in [0.4, 0.5) is 0 Å². The second-order valence-corrected chi connectivity index (χ2v) is 10.1. The first-order chi connectivity index (χ1) is 20.8. The van der Waals surface area contributed by atoms with Crippen LogP contribution in [0.2, 0.25) is 0 Å². The molecule has 0 aromatic carbocycles. The van der Waals surface area contributed by atoms with Crippen molar-refractivity contribution in [3.8, 4) is 0 Å². The number of rotatable bonds is 19. The maximum Gasteiger partial charge on any atom is 0.224 e. The van der Waals surface area contributed by atoms with Crippen molar-refractivity contribution in [2.24, 2.45) is 11.5 Å². The third-order valence-corrected chi connectivity index (χ3v) is 6.19. The summed E-state index contributed by atoms with van der Waals surface area (Å²) in [7, 11) is 0. The maximum absolute atomic E-state index is 11.8. The van der Waals surface area contributed by atoms with E-state index in [4.69, 9.17) is 11.5 Å². The predicted octanol–water partition coefficient (Wildman–Crippen LogP) is 3.91. The van der Waals surface area contributed by atoms with Crippen molar-refractivity contribution >= 4 is 36.3 Å². The largest absolute Gasteiger partial charge is 0.403 e. The number of nitrogens with one attached hydrogen (secondary N) is 4. The van der Waals surface area contributed by atoms with Crippen LogP contribution >= 0.6 is 12.6 Å². The van der Waals surface area contributed by atoms with Crippen LogP contribution in [0.3, 0.4) is 0 Å². The fourth-order valence-corrected chi connectivity index (χ4v) is 3.75. The fourth-order valence-electron chi connectivity index (χ4n) is 3.55. The van der Waals surface area contributed by atoms with E-state index < -0.39 is 0 Å². The molecule has 43 heavy (non-hydrogen) atoms. The standard InChI is InChI=1S/C16H27N3O2S.C16H25N3O2/c1-2-3-5-8-14(13-17)19-16(21)9-6-4-7-11-18-15(20)10-12-22;1-2-15(20)18-12-8-4-7-11-16(21)19-14-10-6-3-5-9-13(14)17/h2-3,5,8,13,22H,4,6-7,9-12,17H2,1H3,(H,18,20)(H,19,21);3,6,9-10H,2,4-5,7-8,11-12,17H2,1H3,(H,18,20)(H,19,21)/b3-2-,8-5-,14-13-;. The van der Waals surface area contributed by atoms with Gasteiger partial charge < -0.3 is 32.7 Å². The van der Waals surface area contributed by atoms with Gasteiger partial charge in [-0.15, -0.1) is 0 Å². The van der Waals surface area contributed by atoms with E-state index in [0.29, 0.717) is 61.6 Å². The lowest BCUT2D eigenvalue weighted by Crippen LogP contribution is -2.26. The Kier molecular flexibility index (Phi) is 24.8. The molecule has 11 heteroatoms. The van der Waals surface area contributed by atoms with E-state index >= 15 is 0 Å². The van der Waals surface area contributed by atoms with Gasteiger partial charge in [0.25, 0.3) is 0 Å². The molecule has 0 bridgehead atoms. The Balaban J connectivity index is 0.000000821. The highest BCUT2D eigenvalue weighted by Crippen LogP contribution is 2.08. The molecule has 0 saturated carbocycles. The predicted molar refractivity (Wildman–Crippen MR) is 178 cm³/mol. The Labute approximate surface area is 263 Å². The molecule has 8 N–H and O–H groups in total. The second kappa shape index (κ2) is 27.1. The second-order valence-electron chi connectivity index (χ2n) is 9.66. The lowest BCUT2D eigenvalue weighted by atomic mass is 10.2. The Morgan fingerprint density at radius 1 is 0.884 bits per heavy atom. The van der Waals surface area contributed by atoms with E-state index in [-0.39, 0.29) is 23.6 Å². The van der Waals surface area contributed by atoms with Crippen LogP contribution in [0.5, 0.6) is 0 Å². The zero-order valence-electron chi connectivity index (χ0n) is 25.8. The number of carbonyl (C=O) groups is 4. The van der Waals surface area contributed by atoms with Crippen molar-refractivity contribution in [1.82, 2.24) is 21.3 Å². The zero-order valence-corrected chi connectivity index (χ0v) is 26.7. The fraction of sp³-hybridized carbons (Fsp3) is 0.500. The molecule has 4 amide bonds. The van der Waals surface area contributed by atoms with Crippen LogP contribution in [-0.2, 0) is 19.2 Å². The molecule has 0 saturated heterocycles. The minimum absolute atomic E-state index is 0.0227. The summed E-state index contributed by atoms with van der Waals surface area (Å²) in [6.45, 7) is 5.07. The number of thiol groups is 1. The molecule has 0 atom stereocenters. The van der Waals surface area contributed by atoms with Crippen molar-refractivity contribution < 1.29 is 19.2 Å². The lowest BCUT2D eigenvalue weighted by Gasteiger charge is -2.09. The number of nitrogens with two attached hydrogens (primary N) is 2. The summed E-state index contributed by atoms with van der Waals surface area (Å²) in [5.41, 5.74) is 13.2. The monoisotopic (exact) mass is 616 g/mol. The van der Waals surface area contributed by atoms with Gasteiger partial charge in [0.2, 0.25) is 23.6 Å². The van der Waals surface area contributed by atoms with E-state index in [1.54, 1.807) is 6.08 Å². The first kappa shape index (κ1) is 39.3. The Bertz CT molecular complexity index is 1030. The van der Waals surface area contributed by atoms with Crippen LogP contribution < -0.4 is 32.7 Å². The molecule has 0 fully saturated rings. The number of unbranched alkanes of at least 4 members (excludes halogenated alkanes) is 4. The van der Waals surface area contributed by atoms with Gasteiger partial charge in [0.05, 0.1) is 17.1 Å². The number of hydrogen-bond donors (Lipinski definition) is 7. The highest BCUT2D eigenvalue weighted by atomic mass is 32.1. The topological polar surface area (TPSA) is 168 Å². The molecule has 1 aliphatic rings. The molecule has 10 nitrogen and oxygen atoms in total. The van der Waals surface area contributed by atoms with Crippen LogP contribution in [0.15, 0.2) is 71.9 Å². The van der Waals surface area contributed by atoms with Crippen molar-refractivity contribution in [3.63, 3.8) is 0 Å². The molecule has 0 aliphatic heterocycles. The summed E-state index contributed by atoms with van der Waals surface area (Å²) >= 11 is 4.00. The minimum atomic E-state index is -0.0547. The van der Waals surface area contributed by atoms with Crippen LogP contribution in [0.1, 0.15) is 84.5 Å². The molecule has 0 radical (unpaired) electrons. The molecule has 0 aromatic heterocycles. The van der Waals surface area contributed by atoms with Gasteiger partial charge in [0.1, 0.15) is 0 Å². The Hall–Kier alpha value is -3.73. The average molecular weight is 617 g/mol. The van der Waals surface area contributed by atoms with E-state index in [2.05, 4.69) is 33.9 Å².